The van der Waals surface area contributed by atoms with E-state index in [2.05, 4.69) is 15.6 Å². The molecule has 1 atom stereocenters. The highest BCUT2D eigenvalue weighted by Gasteiger charge is 2.27. The molecule has 7 nitrogen and oxygen atoms in total. The van der Waals surface area contributed by atoms with Crippen molar-refractivity contribution in [2.45, 2.75) is 26.3 Å². The molecule has 0 unspecified atom stereocenters. The number of aromatic nitrogens is 2. The summed E-state index contributed by atoms with van der Waals surface area (Å²) in [5.41, 5.74) is 1.52. The van der Waals surface area contributed by atoms with Gasteiger partial charge in [-0.3, -0.25) is 19.4 Å². The number of halogens is 2. The average Bonchev–Trinajstić information content (AvgIpc) is 3.20. The third kappa shape index (κ3) is 4.99. The van der Waals surface area contributed by atoms with Gasteiger partial charge in [-0.1, -0.05) is 42.8 Å². The molecule has 0 spiro atoms. The number of pyridine rings is 1. The van der Waals surface area contributed by atoms with Gasteiger partial charge in [0.05, 0.1) is 12.2 Å². The third-order valence-electron chi connectivity index (χ3n) is 5.93. The average molecular weight is 507 g/mol. The lowest BCUT2D eigenvalue weighted by Gasteiger charge is -2.20. The highest BCUT2D eigenvalue weighted by atomic mass is 35.5. The zero-order valence-corrected chi connectivity index (χ0v) is 20.7. The Morgan fingerprint density at radius 3 is 2.47 bits per heavy atom. The van der Waals surface area contributed by atoms with Gasteiger partial charge >= 0.3 is 0 Å². The second kappa shape index (κ2) is 10.3. The Morgan fingerprint density at radius 1 is 1.06 bits per heavy atom. The summed E-state index contributed by atoms with van der Waals surface area (Å²) in [6, 6.07) is 14.7. The number of ketones is 1. The molecule has 0 saturated heterocycles. The van der Waals surface area contributed by atoms with Crippen LogP contribution in [-0.2, 0) is 11.3 Å². The summed E-state index contributed by atoms with van der Waals surface area (Å²) in [5, 5.41) is 7.44. The number of rotatable bonds is 7. The van der Waals surface area contributed by atoms with Gasteiger partial charge in [-0.05, 0) is 48.2 Å². The maximum atomic E-state index is 14.1. The van der Waals surface area contributed by atoms with Crippen LogP contribution in [0.25, 0.3) is 10.8 Å². The predicted molar refractivity (Wildman–Crippen MR) is 137 cm³/mol. The molecule has 0 radical (unpaired) electrons. The van der Waals surface area contributed by atoms with E-state index in [-0.39, 0.29) is 23.7 Å². The van der Waals surface area contributed by atoms with Crippen molar-refractivity contribution >= 4 is 45.7 Å². The summed E-state index contributed by atoms with van der Waals surface area (Å²) < 4.78 is 15.6. The molecule has 2 heterocycles. The van der Waals surface area contributed by atoms with Crippen LogP contribution >= 0.6 is 11.6 Å². The van der Waals surface area contributed by atoms with Gasteiger partial charge in [0.15, 0.2) is 0 Å². The number of nitrogens with zero attached hydrogens (tertiary/aromatic N) is 2. The zero-order chi connectivity index (χ0) is 26.0. The standard InChI is InChI=1S/C27H24ClFN4O3/c1-15(34)14-33-24(27(36)30-3)12-22(25(33)16(2)20-11-19(29)8-9-21(20)28)32-26(35)23-10-17-6-4-5-7-18(17)13-31-23/h4-13,16H,14H2,1-3H3,(H,30,36)(H,32,35)/t16-/m0/s1. The van der Waals surface area contributed by atoms with E-state index in [9.17, 15) is 18.8 Å². The van der Waals surface area contributed by atoms with Crippen molar-refractivity contribution in [1.82, 2.24) is 14.9 Å². The van der Waals surface area contributed by atoms with E-state index in [0.29, 0.717) is 22.0 Å². The summed E-state index contributed by atoms with van der Waals surface area (Å²) in [4.78, 5) is 42.4. The number of anilines is 1. The van der Waals surface area contributed by atoms with Gasteiger partial charge in [0, 0.05) is 35.3 Å². The Hall–Kier alpha value is -4.04. The first-order valence-corrected chi connectivity index (χ1v) is 11.6. The van der Waals surface area contributed by atoms with Gasteiger partial charge in [0.25, 0.3) is 11.8 Å². The molecule has 36 heavy (non-hydrogen) atoms. The van der Waals surface area contributed by atoms with Gasteiger partial charge < -0.3 is 15.2 Å². The number of nitrogens with one attached hydrogen (secondary N) is 2. The fraction of sp³-hybridized carbons (Fsp3) is 0.185. The molecule has 2 amide bonds. The Labute approximate surface area is 212 Å². The predicted octanol–water partition coefficient (Wildman–Crippen LogP) is 5.18. The largest absolute Gasteiger partial charge is 0.354 e. The van der Waals surface area contributed by atoms with Crippen LogP contribution in [0, 0.1) is 5.82 Å². The van der Waals surface area contributed by atoms with Gasteiger partial charge in [-0.25, -0.2) is 4.39 Å². The molecule has 0 aliphatic heterocycles. The van der Waals surface area contributed by atoms with E-state index in [1.54, 1.807) is 19.2 Å². The van der Waals surface area contributed by atoms with Gasteiger partial charge in [-0.2, -0.15) is 0 Å². The van der Waals surface area contributed by atoms with Crippen LogP contribution in [0.15, 0.2) is 60.8 Å². The third-order valence-corrected chi connectivity index (χ3v) is 6.27. The summed E-state index contributed by atoms with van der Waals surface area (Å²) in [6.45, 7) is 3.04. The minimum absolute atomic E-state index is 0.126. The van der Waals surface area contributed by atoms with Gasteiger partial charge in [-0.15, -0.1) is 0 Å². The number of amides is 2. The number of carbonyl (C=O) groups is 3. The quantitative estimate of drug-likeness (QED) is 0.361. The summed E-state index contributed by atoms with van der Waals surface area (Å²) in [7, 11) is 1.47. The SMILES string of the molecule is CNC(=O)c1cc(NC(=O)c2cc3ccccc3cn2)c([C@@H](C)c2cc(F)ccc2Cl)n1CC(C)=O. The van der Waals surface area contributed by atoms with Crippen LogP contribution in [0.3, 0.4) is 0 Å². The second-order valence-corrected chi connectivity index (χ2v) is 8.86. The molecule has 0 bridgehead atoms. The Balaban J connectivity index is 1.84. The number of hydrogen-bond acceptors (Lipinski definition) is 4. The number of Topliss-reactive ketones (excluding diaryl/α,β-unsaturated/α-hetero) is 1. The fourth-order valence-corrected chi connectivity index (χ4v) is 4.51. The van der Waals surface area contributed by atoms with E-state index in [1.807, 2.05) is 24.3 Å². The molecule has 0 saturated carbocycles. The molecular weight excluding hydrogens is 483 g/mol. The van der Waals surface area contributed by atoms with E-state index in [4.69, 9.17) is 11.6 Å². The number of fused-ring (bicyclic) bond motifs is 1. The smallest absolute Gasteiger partial charge is 0.274 e. The first-order valence-electron chi connectivity index (χ1n) is 11.3. The Bertz CT molecular complexity index is 1500. The zero-order valence-electron chi connectivity index (χ0n) is 19.9. The molecule has 9 heteroatoms. The van der Waals surface area contributed by atoms with Crippen LogP contribution in [-0.4, -0.2) is 34.2 Å². The number of benzene rings is 2. The lowest BCUT2D eigenvalue weighted by molar-refractivity contribution is -0.117. The van der Waals surface area contributed by atoms with Crippen molar-refractivity contribution in [1.29, 1.82) is 0 Å². The Morgan fingerprint density at radius 2 is 1.78 bits per heavy atom. The molecule has 2 aromatic heterocycles. The normalized spacial score (nSPS) is 11.8. The van der Waals surface area contributed by atoms with Gasteiger partial charge in [0.2, 0.25) is 0 Å². The molecule has 2 aromatic carbocycles. The first kappa shape index (κ1) is 25.1. The van der Waals surface area contributed by atoms with Gasteiger partial charge in [0.1, 0.15) is 23.0 Å². The fourth-order valence-electron chi connectivity index (χ4n) is 4.23. The lowest BCUT2D eigenvalue weighted by atomic mass is 9.96. The van der Waals surface area contributed by atoms with Crippen molar-refractivity contribution in [3.63, 3.8) is 0 Å². The van der Waals surface area contributed by atoms with Crippen LogP contribution < -0.4 is 10.6 Å². The summed E-state index contributed by atoms with van der Waals surface area (Å²) in [5.74, 6) is -2.21. The van der Waals surface area contributed by atoms with Crippen LogP contribution in [0.1, 0.15) is 52.0 Å². The maximum Gasteiger partial charge on any atom is 0.274 e. The van der Waals surface area contributed by atoms with Crippen LogP contribution in [0.4, 0.5) is 10.1 Å². The maximum absolute atomic E-state index is 14.1. The second-order valence-electron chi connectivity index (χ2n) is 8.45. The van der Waals surface area contributed by atoms with Crippen molar-refractivity contribution in [3.05, 3.63) is 94.3 Å². The summed E-state index contributed by atoms with van der Waals surface area (Å²) >= 11 is 6.39. The molecule has 184 valence electrons. The highest BCUT2D eigenvalue weighted by Crippen LogP contribution is 2.37. The summed E-state index contributed by atoms with van der Waals surface area (Å²) in [6.07, 6.45) is 1.61. The van der Waals surface area contributed by atoms with Crippen molar-refractivity contribution in [2.24, 2.45) is 0 Å². The van der Waals surface area contributed by atoms with Crippen molar-refractivity contribution in [3.8, 4) is 0 Å². The number of carbonyl (C=O) groups excluding carboxylic acids is 3. The van der Waals surface area contributed by atoms with E-state index in [0.717, 1.165) is 10.8 Å². The molecule has 4 aromatic rings. The molecule has 2 N–H and O–H groups in total. The van der Waals surface area contributed by atoms with E-state index < -0.39 is 23.5 Å². The molecule has 4 rings (SSSR count). The molecule has 0 aliphatic rings. The monoisotopic (exact) mass is 506 g/mol. The van der Waals surface area contributed by atoms with Crippen LogP contribution in [0.2, 0.25) is 5.02 Å². The lowest BCUT2D eigenvalue weighted by Crippen LogP contribution is -2.24. The minimum atomic E-state index is -0.578. The highest BCUT2D eigenvalue weighted by molar-refractivity contribution is 6.31. The minimum Gasteiger partial charge on any atom is -0.354 e. The first-order chi connectivity index (χ1) is 17.2. The Kier molecular flexibility index (Phi) is 7.17. The van der Waals surface area contributed by atoms with Crippen molar-refractivity contribution < 1.29 is 18.8 Å². The topological polar surface area (TPSA) is 93.1 Å². The van der Waals surface area contributed by atoms with E-state index in [1.165, 1.54) is 42.8 Å². The molecule has 0 aliphatic carbocycles. The van der Waals surface area contributed by atoms with E-state index >= 15 is 0 Å². The van der Waals surface area contributed by atoms with Crippen molar-refractivity contribution in [2.75, 3.05) is 12.4 Å². The van der Waals surface area contributed by atoms with Crippen LogP contribution in [0.5, 0.6) is 0 Å². The molecular formula is C27H24ClFN4O3. The molecule has 0 fully saturated rings. The number of hydrogen-bond donors (Lipinski definition) is 2.